The maximum Gasteiger partial charge on any atom is 0.254 e. The number of halogens is 2. The van der Waals surface area contributed by atoms with Crippen LogP contribution in [0.2, 0.25) is 5.02 Å². The third kappa shape index (κ3) is 6.30. The van der Waals surface area contributed by atoms with E-state index in [1.165, 1.54) is 19.2 Å². The lowest BCUT2D eigenvalue weighted by molar-refractivity contribution is -0.114. The Labute approximate surface area is 241 Å². The van der Waals surface area contributed by atoms with E-state index in [2.05, 4.69) is 22.0 Å². The molecule has 3 aromatic carbocycles. The van der Waals surface area contributed by atoms with E-state index in [0.29, 0.717) is 32.9 Å². The summed E-state index contributed by atoms with van der Waals surface area (Å²) >= 11 is 7.25. The molecule has 7 nitrogen and oxygen atoms in total. The van der Waals surface area contributed by atoms with Crippen molar-refractivity contribution in [1.29, 1.82) is 5.26 Å². The van der Waals surface area contributed by atoms with Gasteiger partial charge in [-0.1, -0.05) is 59.8 Å². The molecular formula is C30H26ClFN4O3S. The molecule has 3 N–H and O–H groups in total. The van der Waals surface area contributed by atoms with E-state index in [0.717, 1.165) is 17.3 Å². The fourth-order valence-corrected chi connectivity index (χ4v) is 5.36. The number of nitrogens with one attached hydrogen (secondary N) is 3. The van der Waals surface area contributed by atoms with Gasteiger partial charge in [0.2, 0.25) is 5.91 Å². The molecule has 204 valence electrons. The van der Waals surface area contributed by atoms with Crippen molar-refractivity contribution in [3.63, 3.8) is 0 Å². The molecule has 0 radical (unpaired) electrons. The molecule has 0 spiro atoms. The minimum absolute atomic E-state index is 0.0426. The molecule has 1 atom stereocenters. The lowest BCUT2D eigenvalue weighted by atomic mass is 9.82. The summed E-state index contributed by atoms with van der Waals surface area (Å²) in [6.07, 6.45) is 0. The number of anilines is 2. The van der Waals surface area contributed by atoms with Crippen molar-refractivity contribution in [3.05, 3.63) is 111 Å². The normalized spacial score (nSPS) is 14.8. The van der Waals surface area contributed by atoms with Crippen molar-refractivity contribution < 1.29 is 18.7 Å². The first-order chi connectivity index (χ1) is 19.2. The van der Waals surface area contributed by atoms with Gasteiger partial charge in [0.1, 0.15) is 11.6 Å². The number of carbonyl (C=O) groups is 2. The SMILES string of the molecule is COc1ccccc1NC(=O)C1=C(C)NC(SCC(=O)Nc2ccc(C)c(Cl)c2)=C(C#N)[C@H]1c1ccccc1F. The van der Waals surface area contributed by atoms with E-state index in [9.17, 15) is 14.9 Å². The van der Waals surface area contributed by atoms with Gasteiger partial charge in [-0.15, -0.1) is 0 Å². The zero-order valence-corrected chi connectivity index (χ0v) is 23.5. The molecule has 0 unspecified atom stereocenters. The van der Waals surface area contributed by atoms with Gasteiger partial charge in [-0.2, -0.15) is 5.26 Å². The van der Waals surface area contributed by atoms with Crippen LogP contribution in [0.25, 0.3) is 0 Å². The Hall–Kier alpha value is -4.26. The summed E-state index contributed by atoms with van der Waals surface area (Å²) in [4.78, 5) is 26.3. The van der Waals surface area contributed by atoms with Crippen molar-refractivity contribution in [2.24, 2.45) is 0 Å². The number of amides is 2. The molecule has 40 heavy (non-hydrogen) atoms. The van der Waals surface area contributed by atoms with Crippen LogP contribution < -0.4 is 20.7 Å². The average molecular weight is 577 g/mol. The van der Waals surface area contributed by atoms with Crippen molar-refractivity contribution in [2.75, 3.05) is 23.5 Å². The standard InChI is InChI=1S/C30H26ClFN4O3S/c1-17-12-13-19(14-22(17)31)35-26(37)16-40-30-21(15-33)28(20-8-4-5-9-23(20)32)27(18(2)34-30)29(38)36-24-10-6-7-11-25(24)39-3/h4-14,28,34H,16H2,1-3H3,(H,35,37)(H,36,38)/t28-/m1/s1. The summed E-state index contributed by atoms with van der Waals surface area (Å²) < 4.78 is 20.5. The Balaban J connectivity index is 1.65. The second-order valence-electron chi connectivity index (χ2n) is 8.93. The van der Waals surface area contributed by atoms with E-state index in [-0.39, 0.29) is 28.4 Å². The summed E-state index contributed by atoms with van der Waals surface area (Å²) in [5.41, 5.74) is 2.75. The van der Waals surface area contributed by atoms with Crippen LogP contribution in [-0.4, -0.2) is 24.7 Å². The number of hydrogen-bond donors (Lipinski definition) is 3. The first kappa shape index (κ1) is 28.7. The Morgan fingerprint density at radius 1 is 1.10 bits per heavy atom. The highest BCUT2D eigenvalue weighted by Crippen LogP contribution is 2.42. The molecule has 0 aliphatic carbocycles. The maximum atomic E-state index is 15.1. The molecule has 1 aliphatic rings. The molecular weight excluding hydrogens is 551 g/mol. The predicted octanol–water partition coefficient (Wildman–Crippen LogP) is 6.50. The first-order valence-corrected chi connectivity index (χ1v) is 13.6. The molecule has 0 saturated carbocycles. The van der Waals surface area contributed by atoms with Gasteiger partial charge >= 0.3 is 0 Å². The minimum atomic E-state index is -1.01. The van der Waals surface area contributed by atoms with Crippen LogP contribution in [0.4, 0.5) is 15.8 Å². The summed E-state index contributed by atoms with van der Waals surface area (Å²) in [5, 5.41) is 19.8. The second kappa shape index (κ2) is 12.7. The number of nitriles is 1. The van der Waals surface area contributed by atoms with Crippen LogP contribution in [0.5, 0.6) is 5.75 Å². The Morgan fingerprint density at radius 3 is 2.52 bits per heavy atom. The number of methoxy groups -OCH3 is 1. The molecule has 4 rings (SSSR count). The topological polar surface area (TPSA) is 103 Å². The van der Waals surface area contributed by atoms with Gasteiger partial charge in [0.25, 0.3) is 5.91 Å². The molecule has 3 aromatic rings. The van der Waals surface area contributed by atoms with Crippen molar-refractivity contribution in [1.82, 2.24) is 5.32 Å². The fourth-order valence-electron chi connectivity index (χ4n) is 4.29. The Bertz CT molecular complexity index is 1580. The van der Waals surface area contributed by atoms with Crippen molar-refractivity contribution in [2.45, 2.75) is 19.8 Å². The smallest absolute Gasteiger partial charge is 0.254 e. The fraction of sp³-hybridized carbons (Fsp3) is 0.167. The van der Waals surface area contributed by atoms with Crippen LogP contribution in [-0.2, 0) is 9.59 Å². The molecule has 10 heteroatoms. The minimum Gasteiger partial charge on any atom is -0.495 e. The van der Waals surface area contributed by atoms with E-state index in [1.54, 1.807) is 61.5 Å². The molecule has 0 aromatic heterocycles. The number of carbonyl (C=O) groups excluding carboxylic acids is 2. The van der Waals surface area contributed by atoms with Crippen molar-refractivity contribution in [3.8, 4) is 11.8 Å². The monoisotopic (exact) mass is 576 g/mol. The second-order valence-corrected chi connectivity index (χ2v) is 10.3. The zero-order chi connectivity index (χ0) is 28.8. The van der Waals surface area contributed by atoms with Gasteiger partial charge < -0.3 is 20.7 Å². The van der Waals surface area contributed by atoms with Gasteiger partial charge in [-0.05, 0) is 49.7 Å². The molecule has 0 saturated heterocycles. The van der Waals surface area contributed by atoms with E-state index >= 15 is 4.39 Å². The highest BCUT2D eigenvalue weighted by Gasteiger charge is 2.36. The summed E-state index contributed by atoms with van der Waals surface area (Å²) in [7, 11) is 1.49. The number of allylic oxidation sites excluding steroid dienone is 2. The zero-order valence-electron chi connectivity index (χ0n) is 22.0. The van der Waals surface area contributed by atoms with Gasteiger partial charge in [-0.25, -0.2) is 4.39 Å². The third-order valence-corrected chi connectivity index (χ3v) is 7.69. The van der Waals surface area contributed by atoms with Crippen LogP contribution >= 0.6 is 23.4 Å². The Morgan fingerprint density at radius 2 is 1.82 bits per heavy atom. The number of nitrogens with zero attached hydrogens (tertiary/aromatic N) is 1. The van der Waals surface area contributed by atoms with E-state index in [4.69, 9.17) is 16.3 Å². The highest BCUT2D eigenvalue weighted by atomic mass is 35.5. The Kier molecular flexibility index (Phi) is 9.15. The number of dihydropyridines is 1. The van der Waals surface area contributed by atoms with Gasteiger partial charge in [0.15, 0.2) is 0 Å². The van der Waals surface area contributed by atoms with Crippen LogP contribution in [0, 0.1) is 24.1 Å². The largest absolute Gasteiger partial charge is 0.495 e. The van der Waals surface area contributed by atoms with Gasteiger partial charge in [-0.3, -0.25) is 9.59 Å². The van der Waals surface area contributed by atoms with Gasteiger partial charge in [0, 0.05) is 27.5 Å². The molecule has 0 fully saturated rings. The van der Waals surface area contributed by atoms with E-state index in [1.807, 2.05) is 6.92 Å². The lowest BCUT2D eigenvalue weighted by Crippen LogP contribution is -2.31. The van der Waals surface area contributed by atoms with Crippen molar-refractivity contribution >= 4 is 46.6 Å². The third-order valence-electron chi connectivity index (χ3n) is 6.27. The summed E-state index contributed by atoms with van der Waals surface area (Å²) in [5.74, 6) is -2.00. The first-order valence-electron chi connectivity index (χ1n) is 12.2. The number of benzene rings is 3. The number of aryl methyl sites for hydroxylation is 1. The number of ether oxygens (including phenoxy) is 1. The number of para-hydroxylation sites is 2. The highest BCUT2D eigenvalue weighted by molar-refractivity contribution is 8.03. The summed E-state index contributed by atoms with van der Waals surface area (Å²) in [6, 6.07) is 20.3. The van der Waals surface area contributed by atoms with Crippen LogP contribution in [0.1, 0.15) is 24.0 Å². The molecule has 1 heterocycles. The van der Waals surface area contributed by atoms with Crippen LogP contribution in [0.15, 0.2) is 88.6 Å². The molecule has 2 amide bonds. The molecule has 0 bridgehead atoms. The quantitative estimate of drug-likeness (QED) is 0.283. The predicted molar refractivity (Wildman–Crippen MR) is 157 cm³/mol. The molecule has 1 aliphatic heterocycles. The number of thioether (sulfide) groups is 1. The number of rotatable bonds is 8. The van der Waals surface area contributed by atoms with Crippen LogP contribution in [0.3, 0.4) is 0 Å². The maximum absolute atomic E-state index is 15.1. The lowest BCUT2D eigenvalue weighted by Gasteiger charge is -2.30. The van der Waals surface area contributed by atoms with E-state index < -0.39 is 17.6 Å². The summed E-state index contributed by atoms with van der Waals surface area (Å²) in [6.45, 7) is 3.54. The van der Waals surface area contributed by atoms with Gasteiger partial charge in [0.05, 0.1) is 41.1 Å². The number of hydrogen-bond acceptors (Lipinski definition) is 6. The average Bonchev–Trinajstić information content (AvgIpc) is 2.94.